The van der Waals surface area contributed by atoms with Gasteiger partial charge in [-0.05, 0) is 37.5 Å². The molecule has 0 unspecified atom stereocenters. The number of nitrogens with one attached hydrogen (secondary N) is 1. The van der Waals surface area contributed by atoms with Crippen LogP contribution in [0.15, 0.2) is 31.9 Å². The Hall–Kier alpha value is -2.90. The normalized spacial score (nSPS) is 15.4. The summed E-state index contributed by atoms with van der Waals surface area (Å²) in [5, 5.41) is 6.76. The molecule has 1 aromatic carbocycles. The number of aromatic nitrogens is 3. The second kappa shape index (κ2) is 6.78. The maximum Gasteiger partial charge on any atom is 0.420 e. The molecule has 136 valence electrons. The third-order valence-corrected chi connectivity index (χ3v) is 4.73. The molecule has 1 aliphatic rings. The van der Waals surface area contributed by atoms with Gasteiger partial charge in [0.2, 0.25) is 0 Å². The maximum atomic E-state index is 12.3. The van der Waals surface area contributed by atoms with Crippen molar-refractivity contribution in [2.75, 3.05) is 0 Å². The number of oxazole rings is 1. The fraction of sp³-hybridized carbons (Fsp3) is 0.444. The van der Waals surface area contributed by atoms with E-state index in [9.17, 15) is 9.59 Å². The molecule has 2 aromatic heterocycles. The van der Waals surface area contributed by atoms with Gasteiger partial charge in [0.05, 0.1) is 12.1 Å². The zero-order valence-corrected chi connectivity index (χ0v) is 14.5. The van der Waals surface area contributed by atoms with Crippen molar-refractivity contribution < 1.29 is 13.7 Å². The fourth-order valence-electron chi connectivity index (χ4n) is 3.37. The lowest BCUT2D eigenvalue weighted by molar-refractivity contribution is 0.0883. The van der Waals surface area contributed by atoms with Gasteiger partial charge in [0.25, 0.3) is 0 Å². The summed E-state index contributed by atoms with van der Waals surface area (Å²) in [4.78, 5) is 28.5. The minimum Gasteiger partial charge on any atom is -0.408 e. The summed E-state index contributed by atoms with van der Waals surface area (Å²) in [5.41, 5.74) is 2.17. The molecule has 1 saturated carbocycles. The average molecular weight is 356 g/mol. The van der Waals surface area contributed by atoms with E-state index in [1.54, 1.807) is 6.07 Å². The number of benzene rings is 1. The van der Waals surface area contributed by atoms with E-state index in [2.05, 4.69) is 15.5 Å². The Morgan fingerprint density at radius 1 is 1.31 bits per heavy atom. The highest BCUT2D eigenvalue weighted by Crippen LogP contribution is 2.18. The number of nitrogens with zero attached hydrogens (tertiary/aromatic N) is 3. The van der Waals surface area contributed by atoms with Crippen molar-refractivity contribution in [1.82, 2.24) is 20.0 Å². The minimum absolute atomic E-state index is 0.0789. The van der Waals surface area contributed by atoms with Crippen molar-refractivity contribution in [3.8, 4) is 0 Å². The fourth-order valence-corrected chi connectivity index (χ4v) is 3.37. The SMILES string of the molecule is Cc1ccc2oc(=O)n(Cc3noc(C(=O)NC4CCCCC4)n3)c2c1. The molecule has 0 atom stereocenters. The van der Waals surface area contributed by atoms with Crippen LogP contribution >= 0.6 is 0 Å². The van der Waals surface area contributed by atoms with Gasteiger partial charge < -0.3 is 14.3 Å². The van der Waals surface area contributed by atoms with E-state index in [0.717, 1.165) is 31.2 Å². The number of aryl methyl sites for hydroxylation is 1. The standard InChI is InChI=1S/C18H20N4O4/c1-11-7-8-14-13(9-11)22(18(24)25-14)10-15-20-17(26-21-15)16(23)19-12-5-3-2-4-6-12/h7-9,12H,2-6,10H2,1H3,(H,19,23). The Morgan fingerprint density at radius 2 is 2.12 bits per heavy atom. The number of amides is 1. The van der Waals surface area contributed by atoms with Gasteiger partial charge in [0, 0.05) is 6.04 Å². The van der Waals surface area contributed by atoms with E-state index < -0.39 is 5.76 Å². The van der Waals surface area contributed by atoms with Crippen molar-refractivity contribution >= 4 is 17.0 Å². The molecule has 26 heavy (non-hydrogen) atoms. The number of hydrogen-bond acceptors (Lipinski definition) is 6. The summed E-state index contributed by atoms with van der Waals surface area (Å²) >= 11 is 0. The highest BCUT2D eigenvalue weighted by Gasteiger charge is 2.21. The topological polar surface area (TPSA) is 103 Å². The van der Waals surface area contributed by atoms with E-state index in [1.165, 1.54) is 11.0 Å². The molecule has 0 spiro atoms. The smallest absolute Gasteiger partial charge is 0.408 e. The summed E-state index contributed by atoms with van der Waals surface area (Å²) in [6.45, 7) is 2.01. The first-order chi connectivity index (χ1) is 12.6. The van der Waals surface area contributed by atoms with Gasteiger partial charge in [-0.25, -0.2) is 4.79 Å². The summed E-state index contributed by atoms with van der Waals surface area (Å²) < 4.78 is 11.7. The minimum atomic E-state index is -0.497. The maximum absolute atomic E-state index is 12.3. The molecule has 0 bridgehead atoms. The first-order valence-electron chi connectivity index (χ1n) is 8.83. The Labute approximate surface area is 149 Å². The molecule has 3 aromatic rings. The summed E-state index contributed by atoms with van der Waals surface area (Å²) in [5.74, 6) is -0.688. The first-order valence-corrected chi connectivity index (χ1v) is 8.83. The van der Waals surface area contributed by atoms with Crippen LogP contribution in [-0.4, -0.2) is 26.7 Å². The van der Waals surface area contributed by atoms with Crippen LogP contribution in [0.4, 0.5) is 0 Å². The van der Waals surface area contributed by atoms with Crippen molar-refractivity contribution in [2.24, 2.45) is 0 Å². The summed E-state index contributed by atoms with van der Waals surface area (Å²) in [7, 11) is 0. The van der Waals surface area contributed by atoms with Crippen LogP contribution in [0.3, 0.4) is 0 Å². The lowest BCUT2D eigenvalue weighted by atomic mass is 9.95. The lowest BCUT2D eigenvalue weighted by Crippen LogP contribution is -2.36. The predicted molar refractivity (Wildman–Crippen MR) is 93.0 cm³/mol. The van der Waals surface area contributed by atoms with Gasteiger partial charge in [0.15, 0.2) is 11.4 Å². The number of rotatable bonds is 4. The van der Waals surface area contributed by atoms with Crippen LogP contribution in [0.25, 0.3) is 11.1 Å². The van der Waals surface area contributed by atoms with Crippen LogP contribution in [0.2, 0.25) is 0 Å². The predicted octanol–water partition coefficient (Wildman–Crippen LogP) is 2.40. The molecule has 8 nitrogen and oxygen atoms in total. The highest BCUT2D eigenvalue weighted by molar-refractivity contribution is 5.89. The molecule has 0 saturated heterocycles. The second-order valence-corrected chi connectivity index (χ2v) is 6.75. The van der Waals surface area contributed by atoms with Crippen LogP contribution < -0.4 is 11.1 Å². The van der Waals surface area contributed by atoms with Gasteiger partial charge in [-0.1, -0.05) is 30.5 Å². The van der Waals surface area contributed by atoms with E-state index >= 15 is 0 Å². The van der Waals surface area contributed by atoms with Crippen molar-refractivity contribution in [2.45, 2.75) is 51.6 Å². The molecular weight excluding hydrogens is 336 g/mol. The zero-order valence-electron chi connectivity index (χ0n) is 14.5. The molecule has 1 aliphatic carbocycles. The number of fused-ring (bicyclic) bond motifs is 1. The third kappa shape index (κ3) is 3.26. The van der Waals surface area contributed by atoms with Crippen molar-refractivity contribution in [1.29, 1.82) is 0 Å². The zero-order chi connectivity index (χ0) is 18.1. The van der Waals surface area contributed by atoms with Crippen LogP contribution in [0.5, 0.6) is 0 Å². The Balaban J connectivity index is 1.52. The highest BCUT2D eigenvalue weighted by atomic mass is 16.5. The summed E-state index contributed by atoms with van der Waals surface area (Å²) in [6, 6.07) is 5.64. The van der Waals surface area contributed by atoms with Crippen LogP contribution in [0, 0.1) is 6.92 Å². The quantitative estimate of drug-likeness (QED) is 0.770. The van der Waals surface area contributed by atoms with Crippen molar-refractivity contribution in [3.05, 3.63) is 46.0 Å². The lowest BCUT2D eigenvalue weighted by Gasteiger charge is -2.21. The van der Waals surface area contributed by atoms with Gasteiger partial charge in [-0.3, -0.25) is 9.36 Å². The summed E-state index contributed by atoms with van der Waals surface area (Å²) in [6.07, 6.45) is 5.40. The molecule has 1 amide bonds. The van der Waals surface area contributed by atoms with Crippen LogP contribution in [-0.2, 0) is 6.54 Å². The molecule has 0 aliphatic heterocycles. The number of hydrogen-bond donors (Lipinski definition) is 1. The molecule has 1 N–H and O–H groups in total. The average Bonchev–Trinajstić information content (AvgIpc) is 3.22. The molecule has 4 rings (SSSR count). The van der Waals surface area contributed by atoms with Gasteiger partial charge >= 0.3 is 17.6 Å². The Bertz CT molecular complexity index is 994. The molecule has 2 heterocycles. The molecular formula is C18H20N4O4. The van der Waals surface area contributed by atoms with Gasteiger partial charge in [-0.2, -0.15) is 4.98 Å². The molecule has 1 fully saturated rings. The van der Waals surface area contributed by atoms with Crippen LogP contribution in [0.1, 0.15) is 54.2 Å². The number of carbonyl (C=O) groups excluding carboxylic acids is 1. The monoisotopic (exact) mass is 356 g/mol. The molecule has 0 radical (unpaired) electrons. The van der Waals surface area contributed by atoms with E-state index in [1.807, 2.05) is 19.1 Å². The molecule has 8 heteroatoms. The van der Waals surface area contributed by atoms with E-state index in [4.69, 9.17) is 8.94 Å². The van der Waals surface area contributed by atoms with E-state index in [0.29, 0.717) is 11.1 Å². The van der Waals surface area contributed by atoms with Gasteiger partial charge in [-0.15, -0.1) is 0 Å². The van der Waals surface area contributed by atoms with Gasteiger partial charge in [0.1, 0.15) is 0 Å². The Morgan fingerprint density at radius 3 is 2.92 bits per heavy atom. The third-order valence-electron chi connectivity index (χ3n) is 4.73. The number of carbonyl (C=O) groups is 1. The second-order valence-electron chi connectivity index (χ2n) is 6.75. The van der Waals surface area contributed by atoms with Crippen molar-refractivity contribution in [3.63, 3.8) is 0 Å². The Kier molecular flexibility index (Phi) is 4.32. The van der Waals surface area contributed by atoms with E-state index in [-0.39, 0.29) is 30.2 Å². The first kappa shape index (κ1) is 16.6. The largest absolute Gasteiger partial charge is 0.420 e.